The van der Waals surface area contributed by atoms with E-state index < -0.39 is 29.3 Å². The van der Waals surface area contributed by atoms with E-state index in [-0.39, 0.29) is 49.9 Å². The van der Waals surface area contributed by atoms with Gasteiger partial charge in [-0.3, -0.25) is 19.3 Å². The van der Waals surface area contributed by atoms with Gasteiger partial charge in [0.1, 0.15) is 23.4 Å². The van der Waals surface area contributed by atoms with Crippen molar-refractivity contribution in [1.29, 1.82) is 0 Å². The second-order valence-corrected chi connectivity index (χ2v) is 9.26. The molecule has 7 nitrogen and oxygen atoms in total. The molecular formula is C26H27F2N3O4. The van der Waals surface area contributed by atoms with Crippen LogP contribution in [0.5, 0.6) is 0 Å². The number of carbonyl (C=O) groups is 3. The molecule has 3 aliphatic rings. The second-order valence-electron chi connectivity index (χ2n) is 9.26. The van der Waals surface area contributed by atoms with Gasteiger partial charge in [-0.2, -0.15) is 0 Å². The van der Waals surface area contributed by atoms with Gasteiger partial charge in [-0.25, -0.2) is 8.78 Å². The molecule has 2 aromatic rings. The molecule has 0 unspecified atom stereocenters. The molecule has 0 aromatic heterocycles. The van der Waals surface area contributed by atoms with Gasteiger partial charge >= 0.3 is 0 Å². The van der Waals surface area contributed by atoms with E-state index in [2.05, 4.69) is 0 Å². The number of likely N-dealkylation sites (tertiary alicyclic amines) is 2. The number of rotatable bonds is 3. The molecular weight excluding hydrogens is 456 g/mol. The molecule has 184 valence electrons. The average Bonchev–Trinajstić information content (AvgIpc) is 3.53. The third kappa shape index (κ3) is 4.29. The monoisotopic (exact) mass is 483 g/mol. The predicted molar refractivity (Wildman–Crippen MR) is 122 cm³/mol. The number of amides is 3. The maximum absolute atomic E-state index is 14.2. The first kappa shape index (κ1) is 23.4. The predicted octanol–water partition coefficient (Wildman–Crippen LogP) is 3.06. The van der Waals surface area contributed by atoms with Gasteiger partial charge in [-0.15, -0.1) is 0 Å². The van der Waals surface area contributed by atoms with Crippen molar-refractivity contribution in [1.82, 2.24) is 14.7 Å². The van der Waals surface area contributed by atoms with E-state index in [1.54, 1.807) is 34.1 Å². The van der Waals surface area contributed by atoms with Gasteiger partial charge in [0, 0.05) is 50.7 Å². The molecule has 1 spiro atoms. The second kappa shape index (κ2) is 9.37. The Morgan fingerprint density at radius 3 is 2.20 bits per heavy atom. The molecule has 3 aliphatic heterocycles. The summed E-state index contributed by atoms with van der Waals surface area (Å²) in [6.45, 7) is 1.84. The Kier molecular flexibility index (Phi) is 6.27. The molecule has 3 amide bonds. The Labute approximate surface area is 202 Å². The number of hydrogen-bond acceptors (Lipinski definition) is 4. The molecule has 0 radical (unpaired) electrons. The summed E-state index contributed by atoms with van der Waals surface area (Å²) in [7, 11) is 0. The van der Waals surface area contributed by atoms with Gasteiger partial charge in [0.25, 0.3) is 11.8 Å². The highest BCUT2D eigenvalue weighted by Crippen LogP contribution is 2.39. The van der Waals surface area contributed by atoms with Crippen molar-refractivity contribution in [2.45, 2.75) is 37.5 Å². The third-order valence-corrected chi connectivity index (χ3v) is 7.20. The summed E-state index contributed by atoms with van der Waals surface area (Å²) in [4.78, 5) is 44.8. The number of hydrogen-bond donors (Lipinski definition) is 0. The summed E-state index contributed by atoms with van der Waals surface area (Å²) >= 11 is 0. The topological polar surface area (TPSA) is 70.2 Å². The Hall–Kier alpha value is -3.33. The Morgan fingerprint density at radius 2 is 1.54 bits per heavy atom. The van der Waals surface area contributed by atoms with Crippen LogP contribution in [0.15, 0.2) is 48.5 Å². The van der Waals surface area contributed by atoms with Crippen molar-refractivity contribution < 1.29 is 27.9 Å². The molecule has 9 heteroatoms. The average molecular weight is 484 g/mol. The third-order valence-electron chi connectivity index (χ3n) is 7.20. The fourth-order valence-corrected chi connectivity index (χ4v) is 5.32. The SMILES string of the molecule is O=C(c1ccc(F)cc1F)N1CCC2(CC1)OC[C@H](C(=O)N1CCCC1)N2C(=O)c1ccccc1. The summed E-state index contributed by atoms with van der Waals surface area (Å²) in [6.07, 6.45) is 2.44. The first-order valence-corrected chi connectivity index (χ1v) is 12.0. The fourth-order valence-electron chi connectivity index (χ4n) is 5.32. The Morgan fingerprint density at radius 1 is 0.857 bits per heavy atom. The highest BCUT2D eigenvalue weighted by Gasteiger charge is 2.55. The summed E-state index contributed by atoms with van der Waals surface area (Å²) in [5.74, 6) is -2.61. The van der Waals surface area contributed by atoms with Crippen LogP contribution >= 0.6 is 0 Å². The standard InChI is InChI=1S/C26H27F2N3O4/c27-19-8-9-20(21(28)16-19)24(33)30-14-10-26(11-15-30)31(23(32)18-6-2-1-3-7-18)22(17-35-26)25(34)29-12-4-5-13-29/h1-3,6-9,16,22H,4-5,10-15,17H2/t22-/m1/s1. The largest absolute Gasteiger partial charge is 0.353 e. The van der Waals surface area contributed by atoms with E-state index >= 15 is 0 Å². The molecule has 1 atom stereocenters. The molecule has 3 fully saturated rings. The van der Waals surface area contributed by atoms with Crippen LogP contribution in [0.3, 0.4) is 0 Å². The van der Waals surface area contributed by atoms with Crippen molar-refractivity contribution in [2.75, 3.05) is 32.8 Å². The number of nitrogens with zero attached hydrogens (tertiary/aromatic N) is 3. The normalized spacial score (nSPS) is 21.5. The van der Waals surface area contributed by atoms with Crippen LogP contribution in [0, 0.1) is 11.6 Å². The first-order chi connectivity index (χ1) is 16.9. The zero-order valence-corrected chi connectivity index (χ0v) is 19.3. The maximum Gasteiger partial charge on any atom is 0.256 e. The van der Waals surface area contributed by atoms with Gasteiger partial charge in [-0.05, 0) is 37.1 Å². The van der Waals surface area contributed by atoms with Crippen LogP contribution in [-0.2, 0) is 9.53 Å². The van der Waals surface area contributed by atoms with E-state index in [9.17, 15) is 23.2 Å². The molecule has 35 heavy (non-hydrogen) atoms. The van der Waals surface area contributed by atoms with Crippen LogP contribution in [0.25, 0.3) is 0 Å². The maximum atomic E-state index is 14.2. The number of halogens is 2. The molecule has 5 rings (SSSR count). The lowest BCUT2D eigenvalue weighted by molar-refractivity contribution is -0.136. The van der Waals surface area contributed by atoms with Crippen LogP contribution < -0.4 is 0 Å². The van der Waals surface area contributed by atoms with Gasteiger partial charge in [0.05, 0.1) is 12.2 Å². The van der Waals surface area contributed by atoms with E-state index in [1.807, 2.05) is 6.07 Å². The highest BCUT2D eigenvalue weighted by atomic mass is 19.1. The van der Waals surface area contributed by atoms with Crippen molar-refractivity contribution in [3.05, 3.63) is 71.3 Å². The summed E-state index contributed by atoms with van der Waals surface area (Å²) in [5.41, 5.74) is -0.775. The van der Waals surface area contributed by atoms with E-state index in [4.69, 9.17) is 4.74 Å². The van der Waals surface area contributed by atoms with Crippen LogP contribution in [0.2, 0.25) is 0 Å². The molecule has 0 bridgehead atoms. The van der Waals surface area contributed by atoms with Gasteiger partial charge in [-0.1, -0.05) is 18.2 Å². The number of piperidine rings is 1. The molecule has 2 aromatic carbocycles. The van der Waals surface area contributed by atoms with Crippen LogP contribution in [0.1, 0.15) is 46.4 Å². The Balaban J connectivity index is 1.39. The molecule has 0 saturated carbocycles. The van der Waals surface area contributed by atoms with E-state index in [0.717, 1.165) is 25.0 Å². The minimum Gasteiger partial charge on any atom is -0.353 e. The molecule has 3 saturated heterocycles. The zero-order chi connectivity index (χ0) is 24.6. The van der Waals surface area contributed by atoms with E-state index in [1.165, 1.54) is 4.90 Å². The van der Waals surface area contributed by atoms with Crippen molar-refractivity contribution >= 4 is 17.7 Å². The van der Waals surface area contributed by atoms with Gasteiger partial charge in [0.15, 0.2) is 0 Å². The molecule has 3 heterocycles. The quantitative estimate of drug-likeness (QED) is 0.673. The lowest BCUT2D eigenvalue weighted by atomic mass is 9.96. The summed E-state index contributed by atoms with van der Waals surface area (Å²) in [6, 6.07) is 10.9. The van der Waals surface area contributed by atoms with Gasteiger partial charge < -0.3 is 14.5 Å². The number of carbonyl (C=O) groups excluding carboxylic acids is 3. The molecule has 0 aliphatic carbocycles. The highest BCUT2D eigenvalue weighted by molar-refractivity contribution is 5.98. The fraction of sp³-hybridized carbons (Fsp3) is 0.423. The lowest BCUT2D eigenvalue weighted by Gasteiger charge is -2.44. The van der Waals surface area contributed by atoms with E-state index in [0.29, 0.717) is 24.7 Å². The molecule has 0 N–H and O–H groups in total. The summed E-state index contributed by atoms with van der Waals surface area (Å²) in [5, 5.41) is 0. The van der Waals surface area contributed by atoms with Gasteiger partial charge in [0.2, 0.25) is 5.91 Å². The number of benzene rings is 2. The minimum atomic E-state index is -1.04. The Bertz CT molecular complexity index is 1130. The number of ether oxygens (including phenoxy) is 1. The minimum absolute atomic E-state index is 0.0917. The summed E-state index contributed by atoms with van der Waals surface area (Å²) < 4.78 is 33.7. The van der Waals surface area contributed by atoms with Crippen LogP contribution in [0.4, 0.5) is 8.78 Å². The zero-order valence-electron chi connectivity index (χ0n) is 19.3. The van der Waals surface area contributed by atoms with Crippen molar-refractivity contribution in [3.63, 3.8) is 0 Å². The van der Waals surface area contributed by atoms with Crippen LogP contribution in [-0.4, -0.2) is 77.0 Å². The lowest BCUT2D eigenvalue weighted by Crippen LogP contribution is -2.60. The first-order valence-electron chi connectivity index (χ1n) is 12.0. The smallest absolute Gasteiger partial charge is 0.256 e. The van der Waals surface area contributed by atoms with Crippen molar-refractivity contribution in [3.8, 4) is 0 Å². The van der Waals surface area contributed by atoms with Crippen molar-refractivity contribution in [2.24, 2.45) is 0 Å².